The molecule has 4 heteroatoms. The molecule has 0 spiro atoms. The lowest BCUT2D eigenvalue weighted by molar-refractivity contribution is 0.0235. The molecular formula is C11H12N2OS. The Balaban J connectivity index is 1.68. The molecule has 2 aromatic rings. The molecule has 0 aliphatic carbocycles. The molecule has 0 aliphatic heterocycles. The van der Waals surface area contributed by atoms with Crippen molar-refractivity contribution in [2.45, 2.75) is 13.2 Å². The summed E-state index contributed by atoms with van der Waals surface area (Å²) in [6, 6.07) is 10.1. The number of nitrogens with zero attached hydrogens (tertiary/aromatic N) is 1. The van der Waals surface area contributed by atoms with E-state index in [1.807, 2.05) is 41.9 Å². The Hall–Kier alpha value is -1.23. The predicted octanol–water partition coefficient (Wildman–Crippen LogP) is 2.36. The van der Waals surface area contributed by atoms with Crippen molar-refractivity contribution >= 4 is 11.5 Å². The summed E-state index contributed by atoms with van der Waals surface area (Å²) >= 11 is 1.45. The standard InChI is InChI=1S/C11H12N2OS/c1-2-4-10(5-3-1)8-14-12-6-11-7-13-15-9-11/h1-5,7,9,12H,6,8H2. The summed E-state index contributed by atoms with van der Waals surface area (Å²) in [5, 5.41) is 2.00. The van der Waals surface area contributed by atoms with Crippen molar-refractivity contribution in [2.24, 2.45) is 0 Å². The SMILES string of the molecule is c1ccc(CONCc2cnsc2)cc1. The fourth-order valence-corrected chi connectivity index (χ4v) is 1.69. The molecular weight excluding hydrogens is 208 g/mol. The van der Waals surface area contributed by atoms with Gasteiger partial charge >= 0.3 is 0 Å². The second-order valence-electron chi connectivity index (χ2n) is 3.13. The monoisotopic (exact) mass is 220 g/mol. The number of hydroxylamine groups is 1. The molecule has 0 aliphatic rings. The van der Waals surface area contributed by atoms with E-state index in [9.17, 15) is 0 Å². The quantitative estimate of drug-likeness (QED) is 0.620. The smallest absolute Gasteiger partial charge is 0.0933 e. The van der Waals surface area contributed by atoms with Crippen LogP contribution in [0.4, 0.5) is 0 Å². The van der Waals surface area contributed by atoms with Crippen molar-refractivity contribution in [3.05, 3.63) is 53.0 Å². The molecule has 1 aromatic carbocycles. The molecule has 78 valence electrons. The van der Waals surface area contributed by atoms with Gasteiger partial charge in [-0.2, -0.15) is 5.48 Å². The van der Waals surface area contributed by atoms with Crippen LogP contribution in [0.1, 0.15) is 11.1 Å². The summed E-state index contributed by atoms with van der Waals surface area (Å²) in [5.74, 6) is 0. The van der Waals surface area contributed by atoms with Gasteiger partial charge in [0, 0.05) is 18.1 Å². The zero-order valence-corrected chi connectivity index (χ0v) is 9.04. The van der Waals surface area contributed by atoms with Gasteiger partial charge in [0.05, 0.1) is 6.61 Å². The van der Waals surface area contributed by atoms with Gasteiger partial charge in [-0.15, -0.1) is 0 Å². The van der Waals surface area contributed by atoms with Gasteiger partial charge in [0.1, 0.15) is 0 Å². The predicted molar refractivity (Wildman–Crippen MR) is 60.2 cm³/mol. The second-order valence-corrected chi connectivity index (χ2v) is 3.79. The lowest BCUT2D eigenvalue weighted by Gasteiger charge is -2.04. The molecule has 0 fully saturated rings. The first-order valence-corrected chi connectivity index (χ1v) is 5.55. The highest BCUT2D eigenvalue weighted by atomic mass is 32.1. The number of benzene rings is 1. The minimum absolute atomic E-state index is 0.582. The normalized spacial score (nSPS) is 10.4. The molecule has 0 atom stereocenters. The summed E-state index contributed by atoms with van der Waals surface area (Å²) in [5.41, 5.74) is 5.21. The summed E-state index contributed by atoms with van der Waals surface area (Å²) in [4.78, 5) is 5.32. The molecule has 3 nitrogen and oxygen atoms in total. The Labute approximate surface area is 92.8 Å². The molecule has 0 radical (unpaired) electrons. The number of aromatic nitrogens is 1. The van der Waals surface area contributed by atoms with Crippen molar-refractivity contribution in [3.8, 4) is 0 Å². The molecule has 0 unspecified atom stereocenters. The third-order valence-electron chi connectivity index (χ3n) is 1.94. The molecule has 1 heterocycles. The van der Waals surface area contributed by atoms with Gasteiger partial charge in [0.15, 0.2) is 0 Å². The van der Waals surface area contributed by atoms with Crippen LogP contribution in [0.15, 0.2) is 41.9 Å². The Bertz CT molecular complexity index is 375. The van der Waals surface area contributed by atoms with E-state index in [4.69, 9.17) is 4.84 Å². The van der Waals surface area contributed by atoms with Crippen LogP contribution in [0, 0.1) is 0 Å². The van der Waals surface area contributed by atoms with E-state index >= 15 is 0 Å². The topological polar surface area (TPSA) is 34.1 Å². The zero-order chi connectivity index (χ0) is 10.3. The van der Waals surface area contributed by atoms with Crippen LogP contribution in [-0.4, -0.2) is 4.37 Å². The first-order chi connectivity index (χ1) is 7.45. The van der Waals surface area contributed by atoms with Crippen LogP contribution in [-0.2, 0) is 18.0 Å². The number of rotatable bonds is 5. The number of nitrogens with one attached hydrogen (secondary N) is 1. The van der Waals surface area contributed by atoms with Gasteiger partial charge in [-0.3, -0.25) is 4.84 Å². The summed E-state index contributed by atoms with van der Waals surface area (Å²) in [6.07, 6.45) is 1.84. The number of hydrogen-bond acceptors (Lipinski definition) is 4. The molecule has 2 rings (SSSR count). The van der Waals surface area contributed by atoms with Crippen LogP contribution in [0.5, 0.6) is 0 Å². The van der Waals surface area contributed by atoms with E-state index < -0.39 is 0 Å². The summed E-state index contributed by atoms with van der Waals surface area (Å²) in [7, 11) is 0. The van der Waals surface area contributed by atoms with E-state index in [1.165, 1.54) is 11.5 Å². The minimum atomic E-state index is 0.582. The fourth-order valence-electron chi connectivity index (χ4n) is 1.16. The van der Waals surface area contributed by atoms with Crippen LogP contribution >= 0.6 is 11.5 Å². The van der Waals surface area contributed by atoms with Gasteiger partial charge < -0.3 is 0 Å². The fraction of sp³-hybridized carbons (Fsp3) is 0.182. The highest BCUT2D eigenvalue weighted by molar-refractivity contribution is 7.03. The van der Waals surface area contributed by atoms with Crippen molar-refractivity contribution in [2.75, 3.05) is 0 Å². The molecule has 0 amide bonds. The van der Waals surface area contributed by atoms with Gasteiger partial charge in [0.2, 0.25) is 0 Å². The van der Waals surface area contributed by atoms with Crippen molar-refractivity contribution < 1.29 is 4.84 Å². The van der Waals surface area contributed by atoms with Crippen LogP contribution in [0.3, 0.4) is 0 Å². The Kier molecular flexibility index (Phi) is 3.84. The van der Waals surface area contributed by atoms with E-state index in [2.05, 4.69) is 9.85 Å². The molecule has 0 bridgehead atoms. The third kappa shape index (κ3) is 3.43. The Morgan fingerprint density at radius 3 is 2.80 bits per heavy atom. The van der Waals surface area contributed by atoms with Crippen LogP contribution in [0.25, 0.3) is 0 Å². The third-order valence-corrected chi connectivity index (χ3v) is 2.58. The van der Waals surface area contributed by atoms with Crippen molar-refractivity contribution in [1.82, 2.24) is 9.85 Å². The maximum atomic E-state index is 5.32. The van der Waals surface area contributed by atoms with E-state index in [0.29, 0.717) is 13.2 Å². The summed E-state index contributed by atoms with van der Waals surface area (Å²) < 4.78 is 4.01. The van der Waals surface area contributed by atoms with Gasteiger partial charge in [-0.25, -0.2) is 4.37 Å². The van der Waals surface area contributed by atoms with Crippen molar-refractivity contribution in [3.63, 3.8) is 0 Å². The first kappa shape index (κ1) is 10.3. The largest absolute Gasteiger partial charge is 0.297 e. The average Bonchev–Trinajstić information content (AvgIpc) is 2.79. The van der Waals surface area contributed by atoms with E-state index in [1.54, 1.807) is 0 Å². The minimum Gasteiger partial charge on any atom is -0.297 e. The van der Waals surface area contributed by atoms with Gasteiger partial charge in [-0.1, -0.05) is 30.3 Å². The zero-order valence-electron chi connectivity index (χ0n) is 8.22. The highest BCUT2D eigenvalue weighted by Crippen LogP contribution is 2.02. The Morgan fingerprint density at radius 1 is 1.20 bits per heavy atom. The molecule has 0 saturated carbocycles. The lowest BCUT2D eigenvalue weighted by atomic mass is 10.2. The van der Waals surface area contributed by atoms with Crippen LogP contribution in [0.2, 0.25) is 0 Å². The first-order valence-electron chi connectivity index (χ1n) is 4.72. The summed E-state index contributed by atoms with van der Waals surface area (Å²) in [6.45, 7) is 1.28. The Morgan fingerprint density at radius 2 is 2.07 bits per heavy atom. The highest BCUT2D eigenvalue weighted by Gasteiger charge is 1.94. The van der Waals surface area contributed by atoms with E-state index in [-0.39, 0.29) is 0 Å². The van der Waals surface area contributed by atoms with Gasteiger partial charge in [0.25, 0.3) is 0 Å². The maximum absolute atomic E-state index is 5.32. The molecule has 1 N–H and O–H groups in total. The lowest BCUT2D eigenvalue weighted by Crippen LogP contribution is -2.13. The second kappa shape index (κ2) is 5.60. The van der Waals surface area contributed by atoms with Crippen LogP contribution < -0.4 is 5.48 Å². The van der Waals surface area contributed by atoms with E-state index in [0.717, 1.165) is 11.1 Å². The molecule has 1 aromatic heterocycles. The van der Waals surface area contributed by atoms with Crippen molar-refractivity contribution in [1.29, 1.82) is 0 Å². The van der Waals surface area contributed by atoms with Gasteiger partial charge in [-0.05, 0) is 22.7 Å². The maximum Gasteiger partial charge on any atom is 0.0933 e. The molecule has 15 heavy (non-hydrogen) atoms. The molecule has 0 saturated heterocycles. The average molecular weight is 220 g/mol. The number of hydrogen-bond donors (Lipinski definition) is 1.